The maximum atomic E-state index is 14.9. The van der Waals surface area contributed by atoms with Crippen molar-refractivity contribution in [3.8, 4) is 6.07 Å². The summed E-state index contributed by atoms with van der Waals surface area (Å²) in [6.07, 6.45) is -3.73. The van der Waals surface area contributed by atoms with E-state index in [0.717, 1.165) is 12.3 Å². The van der Waals surface area contributed by atoms with Crippen LogP contribution in [0.5, 0.6) is 0 Å². The maximum Gasteiger partial charge on any atom is 0.175 e. The molecule has 1 N–H and O–H groups in total. The van der Waals surface area contributed by atoms with Gasteiger partial charge in [-0.3, -0.25) is 0 Å². The third-order valence-electron chi connectivity index (χ3n) is 5.85. The molecule has 4 atom stereocenters. The Hall–Kier alpha value is -2.37. The fourth-order valence-electron chi connectivity index (χ4n) is 4.69. The van der Waals surface area contributed by atoms with Crippen molar-refractivity contribution >= 4 is 9.84 Å². The van der Waals surface area contributed by atoms with Gasteiger partial charge in [-0.1, -0.05) is 6.07 Å². The lowest BCUT2D eigenvalue weighted by molar-refractivity contribution is 0.0455. The Bertz CT molecular complexity index is 1160. The molecule has 0 saturated heterocycles. The van der Waals surface area contributed by atoms with Crippen LogP contribution in [0.15, 0.2) is 29.2 Å². The molecule has 0 aromatic heterocycles. The molecule has 0 unspecified atom stereocenters. The molecule has 152 valence electrons. The number of hydrogen-bond acceptors (Lipinski definition) is 4. The highest BCUT2D eigenvalue weighted by molar-refractivity contribution is 7.90. The van der Waals surface area contributed by atoms with Gasteiger partial charge in [-0.05, 0) is 54.2 Å². The van der Waals surface area contributed by atoms with Gasteiger partial charge >= 0.3 is 0 Å². The number of nitriles is 1. The molecular weight excluding hydrogens is 403 g/mol. The first-order chi connectivity index (χ1) is 13.6. The predicted molar refractivity (Wildman–Crippen MR) is 99.2 cm³/mol. The number of aliphatic hydroxyl groups excluding tert-OH is 1. The first-order valence-electron chi connectivity index (χ1n) is 9.20. The minimum Gasteiger partial charge on any atom is -0.385 e. The second-order valence-electron chi connectivity index (χ2n) is 7.63. The van der Waals surface area contributed by atoms with Gasteiger partial charge in [-0.15, -0.1) is 0 Å². The summed E-state index contributed by atoms with van der Waals surface area (Å²) in [5.74, 6) is -1.06. The Kier molecular flexibility index (Phi) is 4.71. The molecule has 0 amide bonds. The summed E-state index contributed by atoms with van der Waals surface area (Å²) in [5.41, 5.74) is 1.22. The van der Waals surface area contributed by atoms with Crippen LogP contribution in [0.2, 0.25) is 0 Å². The summed E-state index contributed by atoms with van der Waals surface area (Å²) in [6, 6.07) is 7.11. The largest absolute Gasteiger partial charge is 0.385 e. The minimum absolute atomic E-state index is 0.122. The zero-order valence-corrected chi connectivity index (χ0v) is 16.3. The molecule has 2 aliphatic rings. The van der Waals surface area contributed by atoms with E-state index in [0.29, 0.717) is 36.0 Å². The molecule has 2 aromatic rings. The lowest BCUT2D eigenvalue weighted by Gasteiger charge is -2.29. The fourth-order valence-corrected chi connectivity index (χ4v) is 5.63. The third-order valence-corrected chi connectivity index (χ3v) is 7.00. The average Bonchev–Trinajstić information content (AvgIpc) is 2.90. The molecule has 0 radical (unpaired) electrons. The van der Waals surface area contributed by atoms with E-state index in [9.17, 15) is 32.0 Å². The van der Waals surface area contributed by atoms with Crippen LogP contribution in [0.1, 0.15) is 64.4 Å². The second kappa shape index (κ2) is 6.85. The van der Waals surface area contributed by atoms with Gasteiger partial charge in [0.2, 0.25) is 0 Å². The molecule has 0 spiro atoms. The van der Waals surface area contributed by atoms with Gasteiger partial charge in [0.25, 0.3) is 0 Å². The van der Waals surface area contributed by atoms with Crippen molar-refractivity contribution in [2.75, 3.05) is 6.26 Å². The zero-order chi connectivity index (χ0) is 21.1. The van der Waals surface area contributed by atoms with Crippen LogP contribution in [0.25, 0.3) is 0 Å². The fraction of sp³-hybridized carbons (Fsp3) is 0.381. The highest BCUT2D eigenvalue weighted by Crippen LogP contribution is 2.51. The van der Waals surface area contributed by atoms with Crippen LogP contribution >= 0.6 is 0 Å². The zero-order valence-electron chi connectivity index (χ0n) is 15.5. The predicted octanol–water partition coefficient (Wildman–Crippen LogP) is 3.96. The quantitative estimate of drug-likeness (QED) is 0.796. The summed E-state index contributed by atoms with van der Waals surface area (Å²) in [4.78, 5) is -0.304. The van der Waals surface area contributed by atoms with Crippen LogP contribution < -0.4 is 0 Å². The number of fused-ring (bicyclic) bond motifs is 2. The summed E-state index contributed by atoms with van der Waals surface area (Å²) in [7, 11) is -3.83. The van der Waals surface area contributed by atoms with Gasteiger partial charge in [-0.2, -0.15) is 5.26 Å². The van der Waals surface area contributed by atoms with E-state index in [4.69, 9.17) is 0 Å². The lowest BCUT2D eigenvalue weighted by Crippen LogP contribution is -2.16. The SMILES string of the molecule is CS(=O)(=O)c1ccc([C@H]2CCCc3cc(F)cc(C#N)c32)c2c1[C@H](O)[C@H](F)[C@H]2F. The minimum atomic E-state index is -3.83. The van der Waals surface area contributed by atoms with Crippen LogP contribution in [0, 0.1) is 17.1 Å². The number of rotatable bonds is 2. The molecule has 4 nitrogen and oxygen atoms in total. The standard InChI is InChI=1S/C21H18F3NO3S/c1-29(27,28)15-6-5-14(17-18(15)21(26)20(24)19(17)23)13-4-2-3-10-7-12(22)8-11(9-25)16(10)13/h5-8,13,19-21,26H,2-4H2,1H3/t13-,19+,20-,21+/m1/s1. The van der Waals surface area contributed by atoms with E-state index >= 15 is 0 Å². The number of aryl methyl sites for hydroxylation is 1. The van der Waals surface area contributed by atoms with Crippen molar-refractivity contribution in [3.05, 3.63) is 63.5 Å². The maximum absolute atomic E-state index is 14.9. The van der Waals surface area contributed by atoms with Crippen molar-refractivity contribution < 1.29 is 26.7 Å². The first-order valence-corrected chi connectivity index (χ1v) is 11.1. The normalized spacial score (nSPS) is 25.9. The average molecular weight is 421 g/mol. The molecule has 0 bridgehead atoms. The Morgan fingerprint density at radius 1 is 1.17 bits per heavy atom. The number of hydrogen-bond donors (Lipinski definition) is 1. The van der Waals surface area contributed by atoms with Gasteiger partial charge in [-0.25, -0.2) is 21.6 Å². The lowest BCUT2D eigenvalue weighted by atomic mass is 9.75. The van der Waals surface area contributed by atoms with E-state index in [-0.39, 0.29) is 21.6 Å². The second-order valence-corrected chi connectivity index (χ2v) is 9.61. The van der Waals surface area contributed by atoms with Crippen LogP contribution in [-0.4, -0.2) is 26.0 Å². The topological polar surface area (TPSA) is 78.2 Å². The Balaban J connectivity index is 2.00. The summed E-state index contributed by atoms with van der Waals surface area (Å²) < 4.78 is 67.5. The molecule has 8 heteroatoms. The van der Waals surface area contributed by atoms with E-state index in [1.165, 1.54) is 18.2 Å². The molecule has 0 heterocycles. The Morgan fingerprint density at radius 3 is 2.55 bits per heavy atom. The van der Waals surface area contributed by atoms with E-state index < -0.39 is 40.0 Å². The molecule has 2 aromatic carbocycles. The Morgan fingerprint density at radius 2 is 1.90 bits per heavy atom. The van der Waals surface area contributed by atoms with Gasteiger partial charge in [0, 0.05) is 23.3 Å². The van der Waals surface area contributed by atoms with Gasteiger partial charge < -0.3 is 5.11 Å². The number of halogens is 3. The van der Waals surface area contributed by atoms with Crippen molar-refractivity contribution in [3.63, 3.8) is 0 Å². The summed E-state index contributed by atoms with van der Waals surface area (Å²) in [5, 5.41) is 19.7. The van der Waals surface area contributed by atoms with Crippen LogP contribution in [0.3, 0.4) is 0 Å². The monoisotopic (exact) mass is 421 g/mol. The summed E-state index contributed by atoms with van der Waals surface area (Å²) >= 11 is 0. The highest BCUT2D eigenvalue weighted by atomic mass is 32.2. The van der Waals surface area contributed by atoms with E-state index in [1.807, 2.05) is 6.07 Å². The molecule has 0 aliphatic heterocycles. The highest BCUT2D eigenvalue weighted by Gasteiger charge is 2.46. The molecular formula is C21H18F3NO3S. The van der Waals surface area contributed by atoms with Gasteiger partial charge in [0.05, 0.1) is 16.5 Å². The van der Waals surface area contributed by atoms with Gasteiger partial charge in [0.1, 0.15) is 11.9 Å². The number of benzene rings is 2. The first kappa shape index (κ1) is 19.9. The number of nitrogens with zero attached hydrogens (tertiary/aromatic N) is 1. The Labute approximate surface area is 166 Å². The molecule has 0 saturated carbocycles. The van der Waals surface area contributed by atoms with Crippen molar-refractivity contribution in [1.82, 2.24) is 0 Å². The molecule has 4 rings (SSSR count). The van der Waals surface area contributed by atoms with Crippen molar-refractivity contribution in [2.45, 2.75) is 48.5 Å². The van der Waals surface area contributed by atoms with Crippen molar-refractivity contribution in [1.29, 1.82) is 5.26 Å². The number of aliphatic hydroxyl groups is 1. The molecule has 0 fully saturated rings. The molecule has 29 heavy (non-hydrogen) atoms. The number of sulfone groups is 1. The molecule has 2 aliphatic carbocycles. The summed E-state index contributed by atoms with van der Waals surface area (Å²) in [6.45, 7) is 0. The number of alkyl halides is 2. The van der Waals surface area contributed by atoms with Crippen LogP contribution in [0.4, 0.5) is 13.2 Å². The van der Waals surface area contributed by atoms with Crippen LogP contribution in [-0.2, 0) is 16.3 Å². The van der Waals surface area contributed by atoms with Gasteiger partial charge in [0.15, 0.2) is 22.2 Å². The smallest absolute Gasteiger partial charge is 0.175 e. The third kappa shape index (κ3) is 3.04. The van der Waals surface area contributed by atoms with E-state index in [2.05, 4.69) is 0 Å². The van der Waals surface area contributed by atoms with Crippen molar-refractivity contribution in [2.24, 2.45) is 0 Å². The van der Waals surface area contributed by atoms with E-state index in [1.54, 1.807) is 0 Å².